The highest BCUT2D eigenvalue weighted by Gasteiger charge is 2.28. The molecule has 1 fully saturated rings. The molecule has 6 nitrogen and oxygen atoms in total. The molecule has 0 saturated carbocycles. The van der Waals surface area contributed by atoms with Gasteiger partial charge in [0, 0.05) is 24.9 Å². The normalized spacial score (nSPS) is 25.9. The van der Waals surface area contributed by atoms with Crippen molar-refractivity contribution in [3.63, 3.8) is 0 Å². The fourth-order valence-electron chi connectivity index (χ4n) is 2.47. The Morgan fingerprint density at radius 1 is 1.39 bits per heavy atom. The molecule has 2 unspecified atom stereocenters. The van der Waals surface area contributed by atoms with Crippen LogP contribution in [-0.2, 0) is 9.84 Å². The van der Waals surface area contributed by atoms with Crippen molar-refractivity contribution in [2.75, 3.05) is 45.7 Å². The van der Waals surface area contributed by atoms with Gasteiger partial charge in [0.1, 0.15) is 9.84 Å². The van der Waals surface area contributed by atoms with Gasteiger partial charge in [-0.25, -0.2) is 8.42 Å². The second-order valence-corrected chi connectivity index (χ2v) is 7.62. The van der Waals surface area contributed by atoms with Crippen molar-refractivity contribution in [1.29, 1.82) is 0 Å². The fourth-order valence-corrected chi connectivity index (χ4v) is 3.15. The van der Waals surface area contributed by atoms with Crippen LogP contribution in [0.2, 0.25) is 0 Å². The van der Waals surface area contributed by atoms with Crippen LogP contribution >= 0.6 is 0 Å². The van der Waals surface area contributed by atoms with Gasteiger partial charge in [0.2, 0.25) is 0 Å². The Balaban J connectivity index is 2.66. The van der Waals surface area contributed by atoms with Crippen LogP contribution < -0.4 is 11.3 Å². The van der Waals surface area contributed by atoms with Crippen molar-refractivity contribution >= 4 is 9.84 Å². The molecule has 1 rings (SSSR count). The summed E-state index contributed by atoms with van der Waals surface area (Å²) in [6.45, 7) is 3.01. The number of likely N-dealkylation sites (N-methyl/N-ethyl adjacent to an activating group) is 2. The first-order chi connectivity index (χ1) is 8.33. The third-order valence-electron chi connectivity index (χ3n) is 3.59. The Hall–Kier alpha value is -0.210. The molecular weight excluding hydrogens is 252 g/mol. The largest absolute Gasteiger partial charge is 0.305 e. The van der Waals surface area contributed by atoms with Gasteiger partial charge in [0.25, 0.3) is 0 Å². The monoisotopic (exact) mass is 278 g/mol. The average Bonchev–Trinajstić information content (AvgIpc) is 2.41. The molecule has 1 aliphatic rings. The highest BCUT2D eigenvalue weighted by Crippen LogP contribution is 2.13. The molecule has 18 heavy (non-hydrogen) atoms. The van der Waals surface area contributed by atoms with E-state index >= 15 is 0 Å². The molecular formula is C11H26N4O2S. The van der Waals surface area contributed by atoms with E-state index in [1.54, 1.807) is 0 Å². The van der Waals surface area contributed by atoms with Crippen molar-refractivity contribution in [2.24, 2.45) is 5.84 Å². The quantitative estimate of drug-likeness (QED) is 0.490. The van der Waals surface area contributed by atoms with E-state index in [0.717, 1.165) is 26.1 Å². The standard InChI is InChI=1S/C11H26N4O2S/c1-14-6-4-7-15(2)11(9-14)10(13-12)5-8-18(3,16)17/h10-11,13H,4-9,12H2,1-3H3. The second-order valence-electron chi connectivity index (χ2n) is 5.36. The number of hydrogen-bond acceptors (Lipinski definition) is 6. The Labute approximate surface area is 110 Å². The molecule has 7 heteroatoms. The van der Waals surface area contributed by atoms with Crippen LogP contribution in [0.3, 0.4) is 0 Å². The van der Waals surface area contributed by atoms with Crippen LogP contribution in [0.15, 0.2) is 0 Å². The molecule has 0 radical (unpaired) electrons. The van der Waals surface area contributed by atoms with Gasteiger partial charge in [0.15, 0.2) is 0 Å². The minimum absolute atomic E-state index is 0.00488. The van der Waals surface area contributed by atoms with E-state index in [-0.39, 0.29) is 17.8 Å². The maximum atomic E-state index is 11.3. The molecule has 1 saturated heterocycles. The van der Waals surface area contributed by atoms with Crippen molar-refractivity contribution in [3.05, 3.63) is 0 Å². The first-order valence-electron chi connectivity index (χ1n) is 6.36. The summed E-state index contributed by atoms with van der Waals surface area (Å²) in [6, 6.07) is 0.259. The predicted octanol–water partition coefficient (Wildman–Crippen LogP) is -1.11. The smallest absolute Gasteiger partial charge is 0.147 e. The van der Waals surface area contributed by atoms with Crippen LogP contribution in [0.5, 0.6) is 0 Å². The summed E-state index contributed by atoms with van der Waals surface area (Å²) >= 11 is 0. The number of nitrogens with one attached hydrogen (secondary N) is 1. The second kappa shape index (κ2) is 6.81. The molecule has 0 aliphatic carbocycles. The van der Waals surface area contributed by atoms with E-state index in [1.165, 1.54) is 6.26 Å². The summed E-state index contributed by atoms with van der Waals surface area (Å²) in [5.74, 6) is 5.78. The van der Waals surface area contributed by atoms with E-state index in [1.807, 2.05) is 0 Å². The molecule has 0 amide bonds. The van der Waals surface area contributed by atoms with Crippen molar-refractivity contribution in [3.8, 4) is 0 Å². The lowest BCUT2D eigenvalue weighted by Crippen LogP contribution is -2.54. The first-order valence-corrected chi connectivity index (χ1v) is 8.42. The number of rotatable bonds is 5. The van der Waals surface area contributed by atoms with Gasteiger partial charge in [-0.2, -0.15) is 0 Å². The average molecular weight is 278 g/mol. The predicted molar refractivity (Wildman–Crippen MR) is 74.0 cm³/mol. The molecule has 0 aromatic rings. The van der Waals surface area contributed by atoms with Gasteiger partial charge in [-0.15, -0.1) is 0 Å². The fraction of sp³-hybridized carbons (Fsp3) is 1.00. The third-order valence-corrected chi connectivity index (χ3v) is 4.57. The van der Waals surface area contributed by atoms with Gasteiger partial charge >= 0.3 is 0 Å². The lowest BCUT2D eigenvalue weighted by molar-refractivity contribution is 0.175. The zero-order valence-electron chi connectivity index (χ0n) is 11.6. The van der Waals surface area contributed by atoms with Gasteiger partial charge in [0.05, 0.1) is 5.75 Å². The van der Waals surface area contributed by atoms with Gasteiger partial charge in [-0.05, 0) is 40.0 Å². The first kappa shape index (κ1) is 15.8. The molecule has 1 heterocycles. The van der Waals surface area contributed by atoms with Gasteiger partial charge < -0.3 is 9.80 Å². The minimum atomic E-state index is -2.94. The van der Waals surface area contributed by atoms with E-state index in [2.05, 4.69) is 29.3 Å². The summed E-state index contributed by atoms with van der Waals surface area (Å²) in [6.07, 6.45) is 2.95. The van der Waals surface area contributed by atoms with E-state index < -0.39 is 9.84 Å². The number of hydrogen-bond donors (Lipinski definition) is 2. The molecule has 0 spiro atoms. The highest BCUT2D eigenvalue weighted by molar-refractivity contribution is 7.90. The van der Waals surface area contributed by atoms with E-state index in [0.29, 0.717) is 6.42 Å². The number of nitrogens with two attached hydrogens (primary N) is 1. The van der Waals surface area contributed by atoms with Crippen LogP contribution in [0.25, 0.3) is 0 Å². The maximum absolute atomic E-state index is 11.3. The Bertz CT molecular complexity index is 347. The molecule has 0 bridgehead atoms. The maximum Gasteiger partial charge on any atom is 0.147 e. The van der Waals surface area contributed by atoms with Gasteiger partial charge in [-0.1, -0.05) is 0 Å². The zero-order chi connectivity index (χ0) is 13.8. The topological polar surface area (TPSA) is 78.7 Å². The minimum Gasteiger partial charge on any atom is -0.305 e. The lowest BCUT2D eigenvalue weighted by atomic mass is 10.0. The number of hydrazine groups is 1. The molecule has 2 atom stereocenters. The molecule has 0 aromatic carbocycles. The Morgan fingerprint density at radius 2 is 2.06 bits per heavy atom. The Kier molecular flexibility index (Phi) is 6.00. The summed E-state index contributed by atoms with van der Waals surface area (Å²) in [4.78, 5) is 4.55. The summed E-state index contributed by atoms with van der Waals surface area (Å²) in [5, 5.41) is 0. The number of nitrogens with zero attached hydrogens (tertiary/aromatic N) is 2. The summed E-state index contributed by atoms with van der Waals surface area (Å²) < 4.78 is 22.5. The number of sulfone groups is 1. The van der Waals surface area contributed by atoms with Gasteiger partial charge in [-0.3, -0.25) is 11.3 Å². The van der Waals surface area contributed by atoms with Crippen molar-refractivity contribution in [2.45, 2.75) is 24.9 Å². The van der Waals surface area contributed by atoms with Crippen LogP contribution in [0.4, 0.5) is 0 Å². The third kappa shape index (κ3) is 5.19. The van der Waals surface area contributed by atoms with Crippen LogP contribution in [0.1, 0.15) is 12.8 Å². The summed E-state index contributed by atoms with van der Waals surface area (Å²) in [7, 11) is 1.24. The van der Waals surface area contributed by atoms with E-state index in [9.17, 15) is 8.42 Å². The summed E-state index contributed by atoms with van der Waals surface area (Å²) in [5.41, 5.74) is 2.79. The molecule has 3 N–H and O–H groups in total. The van der Waals surface area contributed by atoms with Crippen molar-refractivity contribution in [1.82, 2.24) is 15.2 Å². The molecule has 0 aromatic heterocycles. The van der Waals surface area contributed by atoms with Crippen molar-refractivity contribution < 1.29 is 8.42 Å². The SMILES string of the molecule is CN1CCCN(C)C(C(CCS(C)(=O)=O)NN)C1. The molecule has 1 aliphatic heterocycles. The van der Waals surface area contributed by atoms with Crippen LogP contribution in [0, 0.1) is 0 Å². The van der Waals surface area contributed by atoms with Crippen LogP contribution in [-0.4, -0.2) is 76.0 Å². The van der Waals surface area contributed by atoms with E-state index in [4.69, 9.17) is 5.84 Å². The lowest BCUT2D eigenvalue weighted by Gasteiger charge is -2.34. The highest BCUT2D eigenvalue weighted by atomic mass is 32.2. The Morgan fingerprint density at radius 3 is 2.61 bits per heavy atom. The zero-order valence-corrected chi connectivity index (χ0v) is 12.4. The molecule has 108 valence electrons.